The fraction of sp³-hybridized carbons (Fsp3) is 0.457. The van der Waals surface area contributed by atoms with E-state index in [9.17, 15) is 19.5 Å². The standard InChI is InChI=1S/C35H41N5O6/c1-4-6-12-20-45-33(44)29-28-31(42)40(25(22-41)21-24-13-8-7-9-14-24)30(35(28)18-17-34(29,3)46-35)32(43)38(19-5-2)23-39-27-16-11-10-15-26(27)36-37-39/h4-5,7-11,13-16,25,28-30,41H,1-2,6,12,17-23H2,3H3/t25-,28+,29-,30?,34+,35?/m1/s1. The molecule has 2 unspecified atom stereocenters. The van der Waals surface area contributed by atoms with Gasteiger partial charge in [-0.05, 0) is 56.7 Å². The first-order valence-electron chi connectivity index (χ1n) is 15.9. The number of amides is 2. The summed E-state index contributed by atoms with van der Waals surface area (Å²) < 4.78 is 14.1. The number of nitrogens with zero attached hydrogens (tertiary/aromatic N) is 5. The Labute approximate surface area is 268 Å². The predicted octanol–water partition coefficient (Wildman–Crippen LogP) is 3.28. The van der Waals surface area contributed by atoms with Gasteiger partial charge >= 0.3 is 5.97 Å². The van der Waals surface area contributed by atoms with Crippen LogP contribution in [0.3, 0.4) is 0 Å². The van der Waals surface area contributed by atoms with Crippen LogP contribution in [0, 0.1) is 11.8 Å². The molecule has 3 aromatic rings. The van der Waals surface area contributed by atoms with E-state index < -0.39 is 41.1 Å². The highest BCUT2D eigenvalue weighted by Crippen LogP contribution is 2.63. The second-order valence-corrected chi connectivity index (χ2v) is 12.7. The van der Waals surface area contributed by atoms with Crippen molar-refractivity contribution in [1.82, 2.24) is 24.8 Å². The van der Waals surface area contributed by atoms with E-state index in [4.69, 9.17) is 9.47 Å². The lowest BCUT2D eigenvalue weighted by Gasteiger charge is -2.39. The molecule has 3 fully saturated rings. The number of esters is 1. The van der Waals surface area contributed by atoms with E-state index in [1.165, 1.54) is 4.90 Å². The van der Waals surface area contributed by atoms with E-state index in [2.05, 4.69) is 23.5 Å². The highest BCUT2D eigenvalue weighted by Gasteiger charge is 2.79. The smallest absolute Gasteiger partial charge is 0.312 e. The first-order chi connectivity index (χ1) is 22.3. The molecule has 6 atom stereocenters. The molecule has 11 nitrogen and oxygen atoms in total. The lowest BCUT2D eigenvalue weighted by Crippen LogP contribution is -2.59. The van der Waals surface area contributed by atoms with Crippen LogP contribution in [0.1, 0.15) is 38.2 Å². The summed E-state index contributed by atoms with van der Waals surface area (Å²) in [6.07, 6.45) is 5.91. The minimum atomic E-state index is -1.28. The molecule has 4 heterocycles. The molecule has 1 aromatic heterocycles. The summed E-state index contributed by atoms with van der Waals surface area (Å²) in [5, 5.41) is 19.3. The van der Waals surface area contributed by atoms with E-state index in [1.54, 1.807) is 21.7 Å². The molecule has 3 aliphatic heterocycles. The van der Waals surface area contributed by atoms with Gasteiger partial charge in [0, 0.05) is 6.54 Å². The average Bonchev–Trinajstić information content (AvgIpc) is 3.77. The minimum absolute atomic E-state index is 0.0547. The van der Waals surface area contributed by atoms with E-state index in [0.29, 0.717) is 37.6 Å². The summed E-state index contributed by atoms with van der Waals surface area (Å²) in [5.74, 6) is -3.07. The van der Waals surface area contributed by atoms with Crippen LogP contribution < -0.4 is 0 Å². The molecule has 0 saturated carbocycles. The molecular formula is C35H41N5O6. The van der Waals surface area contributed by atoms with Crippen LogP contribution in [0.4, 0.5) is 0 Å². The first kappa shape index (κ1) is 31.6. The maximum atomic E-state index is 14.9. The number of ether oxygens (including phenoxy) is 2. The van der Waals surface area contributed by atoms with Gasteiger partial charge in [0.15, 0.2) is 0 Å². The molecule has 242 valence electrons. The molecule has 6 rings (SSSR count). The van der Waals surface area contributed by atoms with Crippen molar-refractivity contribution in [2.24, 2.45) is 11.8 Å². The molecule has 0 radical (unpaired) electrons. The Morgan fingerprint density at radius 1 is 1.15 bits per heavy atom. The van der Waals surface area contributed by atoms with Gasteiger partial charge in [-0.25, -0.2) is 4.68 Å². The summed E-state index contributed by atoms with van der Waals surface area (Å²) >= 11 is 0. The van der Waals surface area contributed by atoms with Crippen molar-refractivity contribution in [3.8, 4) is 0 Å². The van der Waals surface area contributed by atoms with Gasteiger partial charge in [-0.2, -0.15) is 0 Å². The minimum Gasteiger partial charge on any atom is -0.465 e. The van der Waals surface area contributed by atoms with Gasteiger partial charge in [0.2, 0.25) is 11.8 Å². The van der Waals surface area contributed by atoms with Crippen molar-refractivity contribution >= 4 is 28.8 Å². The summed E-state index contributed by atoms with van der Waals surface area (Å²) in [7, 11) is 0. The molecule has 0 aliphatic carbocycles. The van der Waals surface area contributed by atoms with Crippen LogP contribution in [-0.2, 0) is 36.9 Å². The molecule has 3 aliphatic rings. The number of aliphatic hydroxyl groups is 1. The number of unbranched alkanes of at least 4 members (excludes halogenated alkanes) is 1. The van der Waals surface area contributed by atoms with E-state index in [0.717, 1.165) is 11.1 Å². The van der Waals surface area contributed by atoms with Gasteiger partial charge in [-0.3, -0.25) is 14.4 Å². The number of likely N-dealkylation sites (tertiary alicyclic amines) is 1. The zero-order valence-corrected chi connectivity index (χ0v) is 26.2. The second-order valence-electron chi connectivity index (χ2n) is 12.7. The van der Waals surface area contributed by atoms with Gasteiger partial charge in [-0.1, -0.05) is 59.8 Å². The number of allylic oxidation sites excluding steroid dienone is 1. The molecule has 2 bridgehead atoms. The Morgan fingerprint density at radius 2 is 1.91 bits per heavy atom. The molecule has 46 heavy (non-hydrogen) atoms. The van der Waals surface area contributed by atoms with Gasteiger partial charge < -0.3 is 24.4 Å². The SMILES string of the molecule is C=CCCCOC(=O)[C@H]1[C@H]2C(=O)N([C@@H](CO)Cc3ccccc3)C(C(=O)N(CC=C)Cn3nnc4ccccc43)C23CC[C@]1(C)O3. The number of hydrogen-bond acceptors (Lipinski definition) is 8. The van der Waals surface area contributed by atoms with Crippen molar-refractivity contribution in [3.05, 3.63) is 85.5 Å². The number of benzene rings is 2. The van der Waals surface area contributed by atoms with Crippen LogP contribution in [0.25, 0.3) is 11.0 Å². The largest absolute Gasteiger partial charge is 0.465 e. The number of aromatic nitrogens is 3. The highest BCUT2D eigenvalue weighted by molar-refractivity contribution is 5.98. The maximum absolute atomic E-state index is 14.9. The fourth-order valence-corrected chi connectivity index (χ4v) is 7.75. The monoisotopic (exact) mass is 627 g/mol. The zero-order valence-electron chi connectivity index (χ0n) is 26.2. The molecular weight excluding hydrogens is 586 g/mol. The zero-order chi connectivity index (χ0) is 32.5. The Kier molecular flexibility index (Phi) is 8.80. The van der Waals surface area contributed by atoms with E-state index in [-0.39, 0.29) is 38.2 Å². The molecule has 3 saturated heterocycles. The topological polar surface area (TPSA) is 127 Å². The third-order valence-electron chi connectivity index (χ3n) is 9.80. The quantitative estimate of drug-likeness (QED) is 0.164. The summed E-state index contributed by atoms with van der Waals surface area (Å²) in [5.41, 5.74) is 0.0966. The summed E-state index contributed by atoms with van der Waals surface area (Å²) in [6, 6.07) is 15.2. The summed E-state index contributed by atoms with van der Waals surface area (Å²) in [6.45, 7) is 9.48. The Morgan fingerprint density at radius 3 is 2.65 bits per heavy atom. The van der Waals surface area contributed by atoms with Crippen molar-refractivity contribution in [2.45, 2.75) is 69.0 Å². The number of carbonyl (C=O) groups excluding carboxylic acids is 3. The molecule has 2 aromatic carbocycles. The Bertz CT molecular complexity index is 1630. The van der Waals surface area contributed by atoms with Crippen LogP contribution in [-0.4, -0.2) is 90.7 Å². The van der Waals surface area contributed by atoms with E-state index >= 15 is 0 Å². The normalized spacial score (nSPS) is 27.0. The third-order valence-corrected chi connectivity index (χ3v) is 9.80. The molecule has 1 spiro atoms. The second kappa shape index (κ2) is 12.8. The lowest BCUT2D eigenvalue weighted by molar-refractivity contribution is -0.162. The van der Waals surface area contributed by atoms with Gasteiger partial charge in [0.1, 0.15) is 29.7 Å². The lowest BCUT2D eigenvalue weighted by atomic mass is 9.66. The van der Waals surface area contributed by atoms with Crippen molar-refractivity contribution < 1.29 is 29.0 Å². The number of hydrogen-bond donors (Lipinski definition) is 1. The predicted molar refractivity (Wildman–Crippen MR) is 170 cm³/mol. The molecule has 11 heteroatoms. The molecule has 2 amide bonds. The number of carbonyl (C=O) groups is 3. The fourth-order valence-electron chi connectivity index (χ4n) is 7.75. The first-order valence-corrected chi connectivity index (χ1v) is 15.9. The maximum Gasteiger partial charge on any atom is 0.312 e. The van der Waals surface area contributed by atoms with Gasteiger partial charge in [-0.15, -0.1) is 18.3 Å². The van der Waals surface area contributed by atoms with Crippen LogP contribution in [0.5, 0.6) is 0 Å². The van der Waals surface area contributed by atoms with Crippen molar-refractivity contribution in [2.75, 3.05) is 19.8 Å². The molecule has 1 N–H and O–H groups in total. The van der Waals surface area contributed by atoms with E-state index in [1.807, 2.05) is 61.5 Å². The van der Waals surface area contributed by atoms with Crippen LogP contribution in [0.15, 0.2) is 79.9 Å². The van der Waals surface area contributed by atoms with Crippen LogP contribution in [0.2, 0.25) is 0 Å². The summed E-state index contributed by atoms with van der Waals surface area (Å²) in [4.78, 5) is 46.4. The van der Waals surface area contributed by atoms with Crippen LogP contribution >= 0.6 is 0 Å². The highest BCUT2D eigenvalue weighted by atomic mass is 16.6. The number of fused-ring (bicyclic) bond motifs is 2. The third kappa shape index (κ3) is 5.31. The Balaban J connectivity index is 1.40. The van der Waals surface area contributed by atoms with Gasteiger partial charge in [0.05, 0.1) is 36.3 Å². The van der Waals surface area contributed by atoms with Gasteiger partial charge in [0.25, 0.3) is 0 Å². The van der Waals surface area contributed by atoms with Crippen molar-refractivity contribution in [1.29, 1.82) is 0 Å². The number of rotatable bonds is 14. The number of para-hydroxylation sites is 1. The average molecular weight is 628 g/mol. The number of aliphatic hydroxyl groups excluding tert-OH is 1. The Hall–Kier alpha value is -4.35. The van der Waals surface area contributed by atoms with Crippen molar-refractivity contribution in [3.63, 3.8) is 0 Å².